The van der Waals surface area contributed by atoms with Gasteiger partial charge < -0.3 is 10.1 Å². The molecule has 0 radical (unpaired) electrons. The average Bonchev–Trinajstić information content (AvgIpc) is 2.23. The number of carboxylic acids is 1. The second-order valence-corrected chi connectivity index (χ2v) is 3.45. The number of nitrogens with one attached hydrogen (secondary N) is 1. The summed E-state index contributed by atoms with van der Waals surface area (Å²) >= 11 is 0. The number of pyridine rings is 1. The van der Waals surface area contributed by atoms with E-state index in [1.165, 1.54) is 25.1 Å². The number of aromatic nitrogens is 1. The van der Waals surface area contributed by atoms with Gasteiger partial charge in [-0.2, -0.15) is 0 Å². The molecular formula is C11H8FNO3. The van der Waals surface area contributed by atoms with Crippen molar-refractivity contribution in [2.24, 2.45) is 0 Å². The minimum atomic E-state index is -1.30. The monoisotopic (exact) mass is 221 g/mol. The molecule has 0 aliphatic rings. The number of hydrogen-bond donors (Lipinski definition) is 2. The molecule has 0 aliphatic heterocycles. The number of fused-ring (bicyclic) bond motifs is 1. The Morgan fingerprint density at radius 2 is 2.12 bits per heavy atom. The Balaban J connectivity index is 2.89. The van der Waals surface area contributed by atoms with Crippen LogP contribution in [0.5, 0.6) is 0 Å². The summed E-state index contributed by atoms with van der Waals surface area (Å²) in [6.45, 7) is 1.52. The molecule has 82 valence electrons. The first-order valence-electron chi connectivity index (χ1n) is 4.56. The molecule has 0 amide bonds. The molecule has 0 unspecified atom stereocenters. The van der Waals surface area contributed by atoms with E-state index in [0.29, 0.717) is 16.5 Å². The predicted molar refractivity (Wildman–Crippen MR) is 56.2 cm³/mol. The predicted octanol–water partition coefficient (Wildman–Crippen LogP) is 1.67. The highest BCUT2D eigenvalue weighted by molar-refractivity contribution is 5.93. The zero-order chi connectivity index (χ0) is 11.9. The van der Waals surface area contributed by atoms with Gasteiger partial charge in [0.2, 0.25) is 0 Å². The molecule has 16 heavy (non-hydrogen) atoms. The number of aromatic amines is 1. The van der Waals surface area contributed by atoms with E-state index in [0.717, 1.165) is 0 Å². The molecule has 2 aromatic rings. The number of benzene rings is 1. The van der Waals surface area contributed by atoms with Gasteiger partial charge in [0.05, 0.1) is 5.52 Å². The van der Waals surface area contributed by atoms with Crippen LogP contribution in [0.25, 0.3) is 10.9 Å². The van der Waals surface area contributed by atoms with Gasteiger partial charge in [-0.25, -0.2) is 9.18 Å². The van der Waals surface area contributed by atoms with Gasteiger partial charge in [0.25, 0.3) is 5.56 Å². The van der Waals surface area contributed by atoms with E-state index in [4.69, 9.17) is 5.11 Å². The van der Waals surface area contributed by atoms with E-state index >= 15 is 0 Å². The lowest BCUT2D eigenvalue weighted by Crippen LogP contribution is -2.17. The van der Waals surface area contributed by atoms with Gasteiger partial charge in [-0.05, 0) is 30.5 Å². The minimum Gasteiger partial charge on any atom is -0.477 e. The van der Waals surface area contributed by atoms with Crippen LogP contribution in [0.3, 0.4) is 0 Å². The summed E-state index contributed by atoms with van der Waals surface area (Å²) in [5.41, 5.74) is -0.450. The molecule has 0 spiro atoms. The molecule has 0 saturated heterocycles. The maximum Gasteiger partial charge on any atom is 0.341 e. The third-order valence-electron chi connectivity index (χ3n) is 2.44. The minimum absolute atomic E-state index is 0.298. The van der Waals surface area contributed by atoms with Crippen molar-refractivity contribution in [3.8, 4) is 0 Å². The fourth-order valence-electron chi connectivity index (χ4n) is 1.55. The van der Waals surface area contributed by atoms with E-state index in [9.17, 15) is 14.0 Å². The second kappa shape index (κ2) is 3.44. The standard InChI is InChI=1S/C11H8FNO3/c1-5-8(12)3-2-6-4-7(11(15)16)10(14)13-9(5)6/h2-4H,1H3,(H,13,14)(H,15,16). The van der Waals surface area contributed by atoms with Gasteiger partial charge in [0.15, 0.2) is 0 Å². The van der Waals surface area contributed by atoms with Gasteiger partial charge in [-0.3, -0.25) is 4.79 Å². The van der Waals surface area contributed by atoms with E-state index in [1.54, 1.807) is 0 Å². The number of hydrogen-bond acceptors (Lipinski definition) is 2. The molecule has 0 fully saturated rings. The molecule has 4 nitrogen and oxygen atoms in total. The van der Waals surface area contributed by atoms with Crippen molar-refractivity contribution in [3.63, 3.8) is 0 Å². The molecule has 0 atom stereocenters. The molecule has 2 N–H and O–H groups in total. The molecule has 0 aliphatic carbocycles. The van der Waals surface area contributed by atoms with Crippen LogP contribution >= 0.6 is 0 Å². The first-order chi connectivity index (χ1) is 7.50. The summed E-state index contributed by atoms with van der Waals surface area (Å²) in [6.07, 6.45) is 0. The Hall–Kier alpha value is -2.17. The second-order valence-electron chi connectivity index (χ2n) is 3.45. The van der Waals surface area contributed by atoms with Gasteiger partial charge in [-0.1, -0.05) is 0 Å². The molecule has 0 saturated carbocycles. The van der Waals surface area contributed by atoms with Crippen molar-refractivity contribution in [2.45, 2.75) is 6.92 Å². The van der Waals surface area contributed by atoms with Gasteiger partial charge >= 0.3 is 5.97 Å². The summed E-state index contributed by atoms with van der Waals surface area (Å²) in [4.78, 5) is 24.5. The number of halogens is 1. The van der Waals surface area contributed by atoms with Crippen LogP contribution < -0.4 is 5.56 Å². The number of H-pyrrole nitrogens is 1. The van der Waals surface area contributed by atoms with Gasteiger partial charge in [0, 0.05) is 5.56 Å². The topological polar surface area (TPSA) is 70.2 Å². The quantitative estimate of drug-likeness (QED) is 0.769. The molecular weight excluding hydrogens is 213 g/mol. The fourth-order valence-corrected chi connectivity index (χ4v) is 1.55. The summed E-state index contributed by atoms with van der Waals surface area (Å²) in [5, 5.41) is 9.25. The highest BCUT2D eigenvalue weighted by atomic mass is 19.1. The van der Waals surface area contributed by atoms with Crippen LogP contribution in [0, 0.1) is 12.7 Å². The molecule has 5 heteroatoms. The Morgan fingerprint density at radius 1 is 1.44 bits per heavy atom. The van der Waals surface area contributed by atoms with Crippen molar-refractivity contribution >= 4 is 16.9 Å². The first kappa shape index (κ1) is 10.4. The number of carbonyl (C=O) groups is 1. The van der Waals surface area contributed by atoms with Crippen LogP contribution in [-0.2, 0) is 0 Å². The fraction of sp³-hybridized carbons (Fsp3) is 0.0909. The van der Waals surface area contributed by atoms with Crippen LogP contribution in [0.2, 0.25) is 0 Å². The van der Waals surface area contributed by atoms with Crippen molar-refractivity contribution < 1.29 is 14.3 Å². The van der Waals surface area contributed by atoms with Crippen LogP contribution in [-0.4, -0.2) is 16.1 Å². The van der Waals surface area contributed by atoms with Crippen LogP contribution in [0.1, 0.15) is 15.9 Å². The van der Waals surface area contributed by atoms with Crippen LogP contribution in [0.4, 0.5) is 4.39 Å². The lowest BCUT2D eigenvalue weighted by Gasteiger charge is -2.03. The van der Waals surface area contributed by atoms with Gasteiger partial charge in [0.1, 0.15) is 11.4 Å². The highest BCUT2D eigenvalue weighted by Crippen LogP contribution is 2.18. The third kappa shape index (κ3) is 1.46. The van der Waals surface area contributed by atoms with Crippen molar-refractivity contribution in [1.82, 2.24) is 4.98 Å². The Bertz CT molecular complexity index is 645. The van der Waals surface area contributed by atoms with Crippen molar-refractivity contribution in [2.75, 3.05) is 0 Å². The average molecular weight is 221 g/mol. The van der Waals surface area contributed by atoms with E-state index in [1.807, 2.05) is 0 Å². The summed E-state index contributed by atoms with van der Waals surface area (Å²) in [7, 11) is 0. The van der Waals surface area contributed by atoms with Gasteiger partial charge in [-0.15, -0.1) is 0 Å². The molecule has 1 heterocycles. The Morgan fingerprint density at radius 3 is 2.75 bits per heavy atom. The SMILES string of the molecule is Cc1c(F)ccc2cc(C(=O)O)c(=O)[nH]c12. The number of aromatic carboxylic acids is 1. The first-order valence-corrected chi connectivity index (χ1v) is 4.56. The van der Waals surface area contributed by atoms with Crippen LogP contribution in [0.15, 0.2) is 23.0 Å². The van der Waals surface area contributed by atoms with Crippen molar-refractivity contribution in [1.29, 1.82) is 0 Å². The van der Waals surface area contributed by atoms with E-state index in [-0.39, 0.29) is 5.56 Å². The Kier molecular flexibility index (Phi) is 2.23. The largest absolute Gasteiger partial charge is 0.477 e. The molecule has 2 rings (SSSR count). The normalized spacial score (nSPS) is 10.6. The maximum atomic E-state index is 13.2. The van der Waals surface area contributed by atoms with E-state index in [2.05, 4.69) is 4.98 Å². The van der Waals surface area contributed by atoms with E-state index < -0.39 is 17.3 Å². The lowest BCUT2D eigenvalue weighted by atomic mass is 10.1. The lowest BCUT2D eigenvalue weighted by molar-refractivity contribution is 0.0695. The number of carboxylic acid groups (broad SMARTS) is 1. The smallest absolute Gasteiger partial charge is 0.341 e. The zero-order valence-electron chi connectivity index (χ0n) is 8.37. The highest BCUT2D eigenvalue weighted by Gasteiger charge is 2.11. The Labute approximate surface area is 89.3 Å². The molecule has 1 aromatic carbocycles. The number of rotatable bonds is 1. The third-order valence-corrected chi connectivity index (χ3v) is 2.44. The summed E-state index contributed by atoms with van der Waals surface area (Å²) < 4.78 is 13.2. The summed E-state index contributed by atoms with van der Waals surface area (Å²) in [5.74, 6) is -1.74. The zero-order valence-corrected chi connectivity index (χ0v) is 8.37. The maximum absolute atomic E-state index is 13.2. The summed E-state index contributed by atoms with van der Waals surface area (Å²) in [6, 6.07) is 3.91. The molecule has 0 bridgehead atoms. The molecule has 1 aromatic heterocycles. The van der Waals surface area contributed by atoms with Crippen molar-refractivity contribution in [3.05, 3.63) is 45.5 Å². The number of aryl methyl sites for hydroxylation is 1.